The van der Waals surface area contributed by atoms with E-state index < -0.39 is 30.4 Å². The van der Waals surface area contributed by atoms with Crippen LogP contribution in [0.3, 0.4) is 0 Å². The van der Waals surface area contributed by atoms with Crippen molar-refractivity contribution >= 4 is 19.6 Å². The summed E-state index contributed by atoms with van der Waals surface area (Å²) in [5.41, 5.74) is 0.330. The van der Waals surface area contributed by atoms with Crippen LogP contribution < -0.4 is 4.74 Å². The molecule has 1 aromatic carbocycles. The molecule has 1 fully saturated rings. The molecule has 0 aliphatic carbocycles. The van der Waals surface area contributed by atoms with Crippen molar-refractivity contribution in [3.05, 3.63) is 29.8 Å². The molecule has 3 rings (SSSR count). The topological polar surface area (TPSA) is 79.7 Å². The second-order valence-corrected chi connectivity index (χ2v) is 6.20. The van der Waals surface area contributed by atoms with Crippen LogP contribution in [0.25, 0.3) is 0 Å². The fourth-order valence-corrected chi connectivity index (χ4v) is 3.43. The van der Waals surface area contributed by atoms with Gasteiger partial charge in [0, 0.05) is 0 Å². The van der Waals surface area contributed by atoms with Crippen molar-refractivity contribution in [3.8, 4) is 10.7 Å². The van der Waals surface area contributed by atoms with Crippen LogP contribution in [0.2, 0.25) is 0 Å². The number of nitrogens with zero attached hydrogens (tertiary/aromatic N) is 1. The van der Waals surface area contributed by atoms with E-state index in [1.54, 1.807) is 29.2 Å². The molecule has 0 spiro atoms. The zero-order valence-electron chi connectivity index (χ0n) is 7.88. The second kappa shape index (κ2) is 2.98. The summed E-state index contributed by atoms with van der Waals surface area (Å²) in [6, 6.07) is 6.64. The third-order valence-corrected chi connectivity index (χ3v) is 5.07. The molecule has 0 radical (unpaired) electrons. The molecule has 1 saturated heterocycles. The number of benzene rings is 1. The van der Waals surface area contributed by atoms with Crippen LogP contribution in [0, 0.1) is 10.2 Å². The average Bonchev–Trinajstić information content (AvgIpc) is 3.04. The van der Waals surface area contributed by atoms with Crippen LogP contribution in [0.1, 0.15) is 10.4 Å². The first-order valence-corrected chi connectivity index (χ1v) is 6.91. The van der Waals surface area contributed by atoms with Crippen LogP contribution in [0.4, 0.5) is 0 Å². The van der Waals surface area contributed by atoms with E-state index in [-0.39, 0.29) is 0 Å². The molecule has 80 valence electrons. The fraction of sp³-hybridized carbons (Fsp3) is 0.200. The molecular weight excluding hydrogens is 277 g/mol. The van der Waals surface area contributed by atoms with Gasteiger partial charge in [-0.3, -0.25) is 0 Å². The summed E-state index contributed by atoms with van der Waals surface area (Å²) < 4.78 is 20.5. The van der Waals surface area contributed by atoms with Crippen molar-refractivity contribution in [3.63, 3.8) is 0 Å². The number of epoxide rings is 1. The van der Waals surface area contributed by atoms with Crippen molar-refractivity contribution in [2.45, 2.75) is 10.8 Å². The number of hydrogen-bond acceptors (Lipinski definition) is 5. The first-order chi connectivity index (χ1) is 7.70. The first kappa shape index (κ1) is 9.67. The minimum absolute atomic E-state index is 0.330. The number of hydrogen-bond donors (Lipinski definition) is 0. The van der Waals surface area contributed by atoms with Gasteiger partial charge in [0.1, 0.15) is 0 Å². The van der Waals surface area contributed by atoms with E-state index >= 15 is 0 Å². The number of Topliss-reactive ketones (excluding diaryl/α,β-unsaturated/α-hetero) is 1. The number of fused-ring (bicyclic) bond motifs is 2. The Labute approximate surface area is 94.7 Å². The molecule has 2 heterocycles. The van der Waals surface area contributed by atoms with Gasteiger partial charge >= 0.3 is 94.3 Å². The normalized spacial score (nSPS) is 31.7. The number of ketones is 1. The predicted octanol–water partition coefficient (Wildman–Crippen LogP) is 0.381. The third kappa shape index (κ3) is 1.000. The standard InChI is InChI=1S/C10H5NO4Se/c11-5-16(13)10-8(12)6-3-1-2-4-7(6)14-9(10)15-10/h1-4,9H. The Morgan fingerprint density at radius 3 is 2.94 bits per heavy atom. The van der Waals surface area contributed by atoms with E-state index in [9.17, 15) is 8.63 Å². The Balaban J connectivity index is 2.12. The van der Waals surface area contributed by atoms with Gasteiger partial charge in [0.15, 0.2) is 0 Å². The average molecular weight is 282 g/mol. The molecule has 2 aliphatic rings. The summed E-state index contributed by atoms with van der Waals surface area (Å²) in [6.45, 7) is 0. The molecule has 6 heteroatoms. The van der Waals surface area contributed by atoms with Crippen LogP contribution >= 0.6 is 0 Å². The van der Waals surface area contributed by atoms with Gasteiger partial charge < -0.3 is 0 Å². The number of nitriles is 1. The van der Waals surface area contributed by atoms with E-state index in [0.717, 1.165) is 0 Å². The monoisotopic (exact) mass is 283 g/mol. The zero-order chi connectivity index (χ0) is 11.3. The molecule has 0 saturated carbocycles. The number of carbonyl (C=O) groups excluding carboxylic acids is 1. The molecule has 0 bridgehead atoms. The molecule has 0 aromatic heterocycles. The summed E-state index contributed by atoms with van der Waals surface area (Å²) in [6.07, 6.45) is -0.850. The van der Waals surface area contributed by atoms with Crippen LogP contribution in [-0.4, -0.2) is 30.4 Å². The molecule has 16 heavy (non-hydrogen) atoms. The van der Waals surface area contributed by atoms with E-state index in [0.29, 0.717) is 11.3 Å². The molecule has 2 aliphatic heterocycles. The molecule has 3 unspecified atom stereocenters. The van der Waals surface area contributed by atoms with Crippen molar-refractivity contribution in [1.82, 2.24) is 0 Å². The van der Waals surface area contributed by atoms with Crippen molar-refractivity contribution in [2.24, 2.45) is 0 Å². The first-order valence-electron chi connectivity index (χ1n) is 4.50. The summed E-state index contributed by atoms with van der Waals surface area (Å²) in [4.78, 5) is 13.7. The summed E-state index contributed by atoms with van der Waals surface area (Å²) in [7, 11) is 0. The zero-order valence-corrected chi connectivity index (χ0v) is 9.59. The van der Waals surface area contributed by atoms with Crippen LogP contribution in [-0.2, 0) is 8.57 Å². The van der Waals surface area contributed by atoms with Gasteiger partial charge in [-0.2, -0.15) is 0 Å². The molecule has 5 nitrogen and oxygen atoms in total. The number of rotatable bonds is 1. The number of para-hydroxylation sites is 1. The molecule has 0 N–H and O–H groups in total. The Bertz CT molecular complexity index is 564. The van der Waals surface area contributed by atoms with Gasteiger partial charge in [-0.05, 0) is 0 Å². The molecule has 1 aromatic rings. The Morgan fingerprint density at radius 1 is 1.44 bits per heavy atom. The summed E-state index contributed by atoms with van der Waals surface area (Å²) >= 11 is -3.02. The van der Waals surface area contributed by atoms with Gasteiger partial charge in [0.05, 0.1) is 0 Å². The van der Waals surface area contributed by atoms with Gasteiger partial charge in [-0.1, -0.05) is 0 Å². The SMILES string of the molecule is N#C[Se](=O)C12OC1Oc1ccccc1C2=O. The maximum atomic E-state index is 12.1. The Kier molecular flexibility index (Phi) is 1.80. The van der Waals surface area contributed by atoms with Gasteiger partial charge in [-0.15, -0.1) is 0 Å². The van der Waals surface area contributed by atoms with Gasteiger partial charge in [0.25, 0.3) is 0 Å². The summed E-state index contributed by atoms with van der Waals surface area (Å²) in [5, 5.41) is 8.65. The number of carbonyl (C=O) groups is 1. The van der Waals surface area contributed by atoms with Crippen LogP contribution in [0.15, 0.2) is 24.3 Å². The van der Waals surface area contributed by atoms with Crippen molar-refractivity contribution in [2.75, 3.05) is 0 Å². The Morgan fingerprint density at radius 2 is 2.19 bits per heavy atom. The quantitative estimate of drug-likeness (QED) is 0.549. The Hall–Kier alpha value is -1.54. The molecular formula is C10H5NO4Se. The minimum atomic E-state index is -3.02. The predicted molar refractivity (Wildman–Crippen MR) is 51.1 cm³/mol. The van der Waals surface area contributed by atoms with Gasteiger partial charge in [0.2, 0.25) is 0 Å². The van der Waals surface area contributed by atoms with E-state index in [1.807, 2.05) is 0 Å². The maximum absolute atomic E-state index is 12.1. The van der Waals surface area contributed by atoms with Crippen molar-refractivity contribution in [1.29, 1.82) is 5.26 Å². The second-order valence-electron chi connectivity index (χ2n) is 3.42. The van der Waals surface area contributed by atoms with E-state index in [2.05, 4.69) is 0 Å². The summed E-state index contributed by atoms with van der Waals surface area (Å²) in [5.74, 6) is 0.0169. The van der Waals surface area contributed by atoms with E-state index in [4.69, 9.17) is 14.7 Å². The molecule has 3 atom stereocenters. The molecule has 0 amide bonds. The van der Waals surface area contributed by atoms with Crippen LogP contribution in [0.5, 0.6) is 5.75 Å². The fourth-order valence-electron chi connectivity index (χ4n) is 1.73. The van der Waals surface area contributed by atoms with Gasteiger partial charge in [-0.25, -0.2) is 0 Å². The number of ether oxygens (including phenoxy) is 2. The van der Waals surface area contributed by atoms with Crippen molar-refractivity contribution < 1.29 is 18.1 Å². The van der Waals surface area contributed by atoms with E-state index in [1.165, 1.54) is 0 Å². The third-order valence-electron chi connectivity index (χ3n) is 2.58.